The summed E-state index contributed by atoms with van der Waals surface area (Å²) in [6, 6.07) is 9.23. The molecule has 0 unspecified atom stereocenters. The third-order valence-corrected chi connectivity index (χ3v) is 4.64. The summed E-state index contributed by atoms with van der Waals surface area (Å²) in [7, 11) is 0. The maximum atomic E-state index is 12.5. The largest absolute Gasteiger partial charge is 0.350 e. The lowest BCUT2D eigenvalue weighted by Gasteiger charge is -2.23. The number of nitrogens with one attached hydrogen (secondary N) is 2. The fourth-order valence-corrected chi connectivity index (χ4v) is 3.08. The molecule has 1 aliphatic heterocycles. The summed E-state index contributed by atoms with van der Waals surface area (Å²) in [5, 5.41) is 5.40. The minimum Gasteiger partial charge on any atom is -0.350 e. The van der Waals surface area contributed by atoms with Crippen LogP contribution in [0.2, 0.25) is 0 Å². The average Bonchev–Trinajstić information content (AvgIpc) is 2.96. The Morgan fingerprint density at radius 2 is 1.69 bits per heavy atom. The summed E-state index contributed by atoms with van der Waals surface area (Å²) in [6.07, 6.45) is 3.28. The van der Waals surface area contributed by atoms with Crippen molar-refractivity contribution in [3.05, 3.63) is 65.5 Å². The molecule has 0 fully saturated rings. The molecular formula is C21H22N4O4. The Balaban J connectivity index is 1.61. The third-order valence-electron chi connectivity index (χ3n) is 4.64. The van der Waals surface area contributed by atoms with Crippen molar-refractivity contribution < 1.29 is 19.2 Å². The number of carbonyl (C=O) groups is 4. The summed E-state index contributed by atoms with van der Waals surface area (Å²) >= 11 is 0. The van der Waals surface area contributed by atoms with Gasteiger partial charge in [0.05, 0.1) is 11.1 Å². The van der Waals surface area contributed by atoms with Gasteiger partial charge in [0.25, 0.3) is 11.8 Å². The van der Waals surface area contributed by atoms with Gasteiger partial charge in [-0.15, -0.1) is 0 Å². The molecule has 0 saturated carbocycles. The van der Waals surface area contributed by atoms with Gasteiger partial charge in [0.2, 0.25) is 11.8 Å². The molecule has 2 heterocycles. The van der Waals surface area contributed by atoms with Gasteiger partial charge in [-0.25, -0.2) is 0 Å². The van der Waals surface area contributed by atoms with Crippen LogP contribution in [0.4, 0.5) is 0 Å². The summed E-state index contributed by atoms with van der Waals surface area (Å²) in [4.78, 5) is 54.7. The summed E-state index contributed by atoms with van der Waals surface area (Å²) in [6.45, 7) is 3.45. The molecule has 150 valence electrons. The highest BCUT2D eigenvalue weighted by molar-refractivity contribution is 6.22. The highest BCUT2D eigenvalue weighted by atomic mass is 16.2. The summed E-state index contributed by atoms with van der Waals surface area (Å²) in [5.74, 6) is -2.13. The molecule has 0 radical (unpaired) electrons. The molecule has 1 aromatic carbocycles. The van der Waals surface area contributed by atoms with Gasteiger partial charge in [-0.05, 0) is 29.7 Å². The fourth-order valence-electron chi connectivity index (χ4n) is 3.08. The van der Waals surface area contributed by atoms with Gasteiger partial charge in [-0.3, -0.25) is 29.1 Å². The molecule has 0 saturated heterocycles. The van der Waals surface area contributed by atoms with Gasteiger partial charge >= 0.3 is 0 Å². The van der Waals surface area contributed by atoms with Crippen LogP contribution < -0.4 is 10.6 Å². The zero-order valence-electron chi connectivity index (χ0n) is 16.2. The van der Waals surface area contributed by atoms with Crippen molar-refractivity contribution in [1.82, 2.24) is 20.5 Å². The second-order valence-electron chi connectivity index (χ2n) is 7.11. The molecule has 0 aliphatic carbocycles. The van der Waals surface area contributed by atoms with E-state index < -0.39 is 30.3 Å². The maximum Gasteiger partial charge on any atom is 0.262 e. The van der Waals surface area contributed by atoms with E-state index in [2.05, 4.69) is 15.6 Å². The van der Waals surface area contributed by atoms with Crippen LogP contribution in [0.25, 0.3) is 0 Å². The van der Waals surface area contributed by atoms with Crippen molar-refractivity contribution in [1.29, 1.82) is 0 Å². The molecule has 2 N–H and O–H groups in total. The predicted octanol–water partition coefficient (Wildman–Crippen LogP) is 1.13. The fraction of sp³-hybridized carbons (Fsp3) is 0.286. The molecule has 8 heteroatoms. The number of amides is 4. The Kier molecular flexibility index (Phi) is 6.01. The SMILES string of the molecule is CC(C)[C@H](NC(=O)CN1C(=O)c2ccccc2C1=O)C(=O)NCc1cccnc1. The number of carbonyl (C=O) groups excluding carboxylic acids is 4. The lowest BCUT2D eigenvalue weighted by atomic mass is 10.0. The monoisotopic (exact) mass is 394 g/mol. The van der Waals surface area contributed by atoms with Crippen LogP contribution in [0.15, 0.2) is 48.8 Å². The number of pyridine rings is 1. The van der Waals surface area contributed by atoms with E-state index in [1.54, 1.807) is 56.6 Å². The first-order valence-corrected chi connectivity index (χ1v) is 9.29. The minimum atomic E-state index is -0.797. The van der Waals surface area contributed by atoms with E-state index in [0.717, 1.165) is 10.5 Å². The van der Waals surface area contributed by atoms with E-state index >= 15 is 0 Å². The normalized spacial score (nSPS) is 14.0. The van der Waals surface area contributed by atoms with Crippen molar-refractivity contribution in [3.63, 3.8) is 0 Å². The Morgan fingerprint density at radius 1 is 1.03 bits per heavy atom. The molecule has 2 aromatic rings. The minimum absolute atomic E-state index is 0.185. The van der Waals surface area contributed by atoms with Crippen LogP contribution in [0.5, 0.6) is 0 Å². The molecule has 1 atom stereocenters. The standard InChI is InChI=1S/C21H22N4O4/c1-13(2)18(19(27)23-11-14-6-5-9-22-10-14)24-17(26)12-25-20(28)15-7-3-4-8-16(15)21(25)29/h3-10,13,18H,11-12H2,1-2H3,(H,23,27)(H,24,26)/t18-/m0/s1. The van der Waals surface area contributed by atoms with Crippen molar-refractivity contribution in [3.8, 4) is 0 Å². The van der Waals surface area contributed by atoms with Crippen LogP contribution in [-0.2, 0) is 16.1 Å². The maximum absolute atomic E-state index is 12.5. The van der Waals surface area contributed by atoms with Crippen molar-refractivity contribution in [2.24, 2.45) is 5.92 Å². The van der Waals surface area contributed by atoms with E-state index in [0.29, 0.717) is 0 Å². The molecule has 0 spiro atoms. The van der Waals surface area contributed by atoms with Gasteiger partial charge in [-0.2, -0.15) is 0 Å². The number of benzene rings is 1. The lowest BCUT2D eigenvalue weighted by Crippen LogP contribution is -2.52. The molecule has 0 bridgehead atoms. The Labute approximate surface area is 168 Å². The van der Waals surface area contributed by atoms with Crippen LogP contribution >= 0.6 is 0 Å². The number of hydrogen-bond acceptors (Lipinski definition) is 5. The molecule has 3 rings (SSSR count). The van der Waals surface area contributed by atoms with Gasteiger partial charge in [-0.1, -0.05) is 32.0 Å². The van der Waals surface area contributed by atoms with Crippen LogP contribution in [0.1, 0.15) is 40.1 Å². The van der Waals surface area contributed by atoms with E-state index in [4.69, 9.17) is 0 Å². The Morgan fingerprint density at radius 3 is 2.24 bits per heavy atom. The molecule has 8 nitrogen and oxygen atoms in total. The van der Waals surface area contributed by atoms with Crippen molar-refractivity contribution in [2.45, 2.75) is 26.4 Å². The third kappa shape index (κ3) is 4.48. The zero-order valence-corrected chi connectivity index (χ0v) is 16.2. The van der Waals surface area contributed by atoms with Crippen LogP contribution in [0.3, 0.4) is 0 Å². The van der Waals surface area contributed by atoms with E-state index in [1.165, 1.54) is 0 Å². The highest BCUT2D eigenvalue weighted by Gasteiger charge is 2.37. The number of hydrogen-bond donors (Lipinski definition) is 2. The topological polar surface area (TPSA) is 108 Å². The van der Waals surface area contributed by atoms with Gasteiger partial charge in [0, 0.05) is 18.9 Å². The number of aromatic nitrogens is 1. The number of rotatable bonds is 7. The van der Waals surface area contributed by atoms with E-state index in [1.807, 2.05) is 6.07 Å². The second kappa shape index (κ2) is 8.64. The summed E-state index contributed by atoms with van der Waals surface area (Å²) < 4.78 is 0. The molecular weight excluding hydrogens is 372 g/mol. The van der Waals surface area contributed by atoms with Crippen molar-refractivity contribution >= 4 is 23.6 Å². The number of nitrogens with zero attached hydrogens (tertiary/aromatic N) is 2. The first kappa shape index (κ1) is 20.2. The highest BCUT2D eigenvalue weighted by Crippen LogP contribution is 2.22. The molecule has 1 aromatic heterocycles. The molecule has 4 amide bonds. The van der Waals surface area contributed by atoms with E-state index in [9.17, 15) is 19.2 Å². The van der Waals surface area contributed by atoms with Crippen molar-refractivity contribution in [2.75, 3.05) is 6.54 Å². The Hall–Kier alpha value is -3.55. The zero-order chi connectivity index (χ0) is 21.0. The second-order valence-corrected chi connectivity index (χ2v) is 7.11. The van der Waals surface area contributed by atoms with Gasteiger partial charge in [0.15, 0.2) is 0 Å². The summed E-state index contributed by atoms with van der Waals surface area (Å²) in [5.41, 5.74) is 1.39. The average molecular weight is 394 g/mol. The number of imide groups is 1. The smallest absolute Gasteiger partial charge is 0.262 e. The lowest BCUT2D eigenvalue weighted by molar-refractivity contribution is -0.130. The van der Waals surface area contributed by atoms with Gasteiger partial charge < -0.3 is 10.6 Å². The van der Waals surface area contributed by atoms with Crippen LogP contribution in [-0.4, -0.2) is 46.1 Å². The number of fused-ring (bicyclic) bond motifs is 1. The Bertz CT molecular complexity index is 908. The van der Waals surface area contributed by atoms with E-state index in [-0.39, 0.29) is 29.5 Å². The molecule has 1 aliphatic rings. The molecule has 29 heavy (non-hydrogen) atoms. The van der Waals surface area contributed by atoms with Crippen LogP contribution in [0, 0.1) is 5.92 Å². The van der Waals surface area contributed by atoms with Gasteiger partial charge in [0.1, 0.15) is 12.6 Å². The predicted molar refractivity (Wildman–Crippen MR) is 105 cm³/mol. The first-order chi connectivity index (χ1) is 13.9. The first-order valence-electron chi connectivity index (χ1n) is 9.29. The quantitative estimate of drug-likeness (QED) is 0.685.